The largest absolute Gasteiger partial charge is 0.497 e. The van der Waals surface area contributed by atoms with Crippen LogP contribution >= 0.6 is 0 Å². The van der Waals surface area contributed by atoms with Crippen molar-refractivity contribution in [3.63, 3.8) is 0 Å². The highest BCUT2D eigenvalue weighted by Gasteiger charge is 2.33. The molecule has 0 radical (unpaired) electrons. The number of carbonyl (C=O) groups excluding carboxylic acids is 1. The average molecular weight is 305 g/mol. The summed E-state index contributed by atoms with van der Waals surface area (Å²) in [7, 11) is 1.62. The minimum Gasteiger partial charge on any atom is -0.497 e. The summed E-state index contributed by atoms with van der Waals surface area (Å²) in [6.07, 6.45) is 2.61. The molecule has 1 aromatic carbocycles. The molecule has 1 fully saturated rings. The summed E-state index contributed by atoms with van der Waals surface area (Å²) in [6, 6.07) is 7.43. The summed E-state index contributed by atoms with van der Waals surface area (Å²) in [4.78, 5) is 23.3. The Labute approximate surface area is 130 Å². The van der Waals surface area contributed by atoms with Gasteiger partial charge in [0.05, 0.1) is 13.0 Å². The molecule has 0 aromatic heterocycles. The topological polar surface area (TPSA) is 75.6 Å². The highest BCUT2D eigenvalue weighted by atomic mass is 16.5. The van der Waals surface area contributed by atoms with E-state index < -0.39 is 11.9 Å². The molecule has 1 unspecified atom stereocenters. The van der Waals surface area contributed by atoms with E-state index in [0.717, 1.165) is 24.2 Å². The molecule has 1 saturated carbocycles. The van der Waals surface area contributed by atoms with Crippen LogP contribution in [-0.4, -0.2) is 30.1 Å². The normalized spacial score (nSPS) is 22.1. The summed E-state index contributed by atoms with van der Waals surface area (Å²) in [5.74, 6) is -0.473. The zero-order chi connectivity index (χ0) is 16.1. The Kier molecular flexibility index (Phi) is 5.41. The number of carboxylic acid groups (broad SMARTS) is 1. The quantitative estimate of drug-likeness (QED) is 0.847. The van der Waals surface area contributed by atoms with Gasteiger partial charge in [0.2, 0.25) is 5.91 Å². The lowest BCUT2D eigenvalue weighted by atomic mass is 9.96. The van der Waals surface area contributed by atoms with Gasteiger partial charge in [-0.2, -0.15) is 0 Å². The predicted molar refractivity (Wildman–Crippen MR) is 82.9 cm³/mol. The van der Waals surface area contributed by atoms with Gasteiger partial charge in [0.1, 0.15) is 5.75 Å². The van der Waals surface area contributed by atoms with Gasteiger partial charge in [-0.15, -0.1) is 0 Å². The zero-order valence-corrected chi connectivity index (χ0v) is 13.0. The molecule has 5 nitrogen and oxygen atoms in total. The van der Waals surface area contributed by atoms with Crippen molar-refractivity contribution in [2.75, 3.05) is 7.11 Å². The maximum atomic E-state index is 12.1. The molecule has 22 heavy (non-hydrogen) atoms. The number of carboxylic acids is 1. The molecule has 1 aromatic rings. The van der Waals surface area contributed by atoms with E-state index in [1.165, 1.54) is 0 Å². The van der Waals surface area contributed by atoms with Crippen LogP contribution in [0.4, 0.5) is 0 Å². The monoisotopic (exact) mass is 305 g/mol. The van der Waals surface area contributed by atoms with Gasteiger partial charge in [0.15, 0.2) is 0 Å². The van der Waals surface area contributed by atoms with Crippen LogP contribution < -0.4 is 10.1 Å². The van der Waals surface area contributed by atoms with Crippen LogP contribution in [0.1, 0.15) is 44.1 Å². The molecule has 120 valence electrons. The van der Waals surface area contributed by atoms with Crippen LogP contribution in [0.5, 0.6) is 5.75 Å². The van der Waals surface area contributed by atoms with E-state index in [4.69, 9.17) is 9.84 Å². The Hall–Kier alpha value is -2.04. The van der Waals surface area contributed by atoms with Crippen molar-refractivity contribution >= 4 is 11.9 Å². The van der Waals surface area contributed by atoms with Crippen molar-refractivity contribution in [2.24, 2.45) is 5.92 Å². The fourth-order valence-electron chi connectivity index (χ4n) is 3.02. The van der Waals surface area contributed by atoms with Crippen molar-refractivity contribution in [1.29, 1.82) is 0 Å². The Morgan fingerprint density at radius 2 is 2.00 bits per heavy atom. The van der Waals surface area contributed by atoms with Gasteiger partial charge in [0, 0.05) is 12.5 Å². The molecule has 0 aliphatic heterocycles. The summed E-state index contributed by atoms with van der Waals surface area (Å²) < 4.78 is 5.12. The van der Waals surface area contributed by atoms with Gasteiger partial charge in [0.25, 0.3) is 0 Å². The first-order valence-corrected chi connectivity index (χ1v) is 7.67. The highest BCUT2D eigenvalue weighted by molar-refractivity contribution is 5.79. The Morgan fingerprint density at radius 3 is 2.59 bits per heavy atom. The number of carbonyl (C=O) groups is 2. The first-order valence-electron chi connectivity index (χ1n) is 7.67. The summed E-state index contributed by atoms with van der Waals surface area (Å²) in [6.45, 7) is 1.99. The number of nitrogens with one attached hydrogen (secondary N) is 1. The van der Waals surface area contributed by atoms with Gasteiger partial charge >= 0.3 is 5.97 Å². The Balaban J connectivity index is 1.89. The molecule has 2 N–H and O–H groups in total. The summed E-state index contributed by atoms with van der Waals surface area (Å²) in [5.41, 5.74) is 1.07. The fourth-order valence-corrected chi connectivity index (χ4v) is 3.02. The van der Waals surface area contributed by atoms with Crippen LogP contribution in [0.2, 0.25) is 0 Å². The molecular weight excluding hydrogens is 282 g/mol. The van der Waals surface area contributed by atoms with Crippen LogP contribution in [0.15, 0.2) is 24.3 Å². The smallest absolute Gasteiger partial charge is 0.308 e. The number of rotatable bonds is 6. The standard InChI is InChI=1S/C17H23NO4/c1-11(12-6-8-13(22-2)9-7-12)10-16(19)18-15-5-3-4-14(15)17(20)21/h6-9,11,14-15H,3-5,10H2,1-2H3,(H,18,19)(H,20,21)/t11?,14-,15+/m0/s1. The van der Waals surface area contributed by atoms with Crippen LogP contribution in [-0.2, 0) is 9.59 Å². The van der Waals surface area contributed by atoms with Crippen LogP contribution in [0, 0.1) is 5.92 Å². The lowest BCUT2D eigenvalue weighted by molar-refractivity contribution is -0.142. The van der Waals surface area contributed by atoms with E-state index >= 15 is 0 Å². The minimum atomic E-state index is -0.814. The first-order chi connectivity index (χ1) is 10.5. The molecule has 5 heteroatoms. The summed E-state index contributed by atoms with van der Waals surface area (Å²) in [5, 5.41) is 12.0. The number of benzene rings is 1. The average Bonchev–Trinajstić information content (AvgIpc) is 2.95. The van der Waals surface area contributed by atoms with Crippen molar-refractivity contribution in [3.8, 4) is 5.75 Å². The number of hydrogen-bond donors (Lipinski definition) is 2. The summed E-state index contributed by atoms with van der Waals surface area (Å²) >= 11 is 0. The van der Waals surface area contributed by atoms with E-state index in [1.807, 2.05) is 31.2 Å². The van der Waals surface area contributed by atoms with Crippen molar-refractivity contribution in [3.05, 3.63) is 29.8 Å². The predicted octanol–water partition coefficient (Wildman–Crippen LogP) is 2.56. The second-order valence-electron chi connectivity index (χ2n) is 5.93. The molecule has 1 amide bonds. The SMILES string of the molecule is COc1ccc(C(C)CC(=O)N[C@@H]2CCC[C@@H]2C(=O)O)cc1. The van der Waals surface area contributed by atoms with Crippen molar-refractivity contribution < 1.29 is 19.4 Å². The first kappa shape index (κ1) is 16.3. The second kappa shape index (κ2) is 7.29. The van der Waals surface area contributed by atoms with Crippen LogP contribution in [0.25, 0.3) is 0 Å². The fraction of sp³-hybridized carbons (Fsp3) is 0.529. The molecule has 0 bridgehead atoms. The van der Waals surface area contributed by atoms with Gasteiger partial charge in [-0.1, -0.05) is 25.5 Å². The third kappa shape index (κ3) is 4.00. The van der Waals surface area contributed by atoms with E-state index in [2.05, 4.69) is 5.32 Å². The molecule has 1 aliphatic carbocycles. The zero-order valence-electron chi connectivity index (χ0n) is 13.0. The number of ether oxygens (including phenoxy) is 1. The lowest BCUT2D eigenvalue weighted by Gasteiger charge is -2.19. The Bertz CT molecular complexity index is 526. The number of aliphatic carboxylic acids is 1. The third-order valence-corrected chi connectivity index (χ3v) is 4.36. The molecule has 1 aliphatic rings. The lowest BCUT2D eigenvalue weighted by Crippen LogP contribution is -2.40. The molecule has 0 saturated heterocycles. The van der Waals surface area contributed by atoms with Crippen molar-refractivity contribution in [1.82, 2.24) is 5.32 Å². The van der Waals surface area contributed by atoms with Gasteiger partial charge in [-0.25, -0.2) is 0 Å². The maximum absolute atomic E-state index is 12.1. The molecule has 3 atom stereocenters. The number of methoxy groups -OCH3 is 1. The van der Waals surface area contributed by atoms with Crippen LogP contribution in [0.3, 0.4) is 0 Å². The van der Waals surface area contributed by atoms with Gasteiger partial charge < -0.3 is 15.2 Å². The van der Waals surface area contributed by atoms with E-state index in [0.29, 0.717) is 12.8 Å². The Morgan fingerprint density at radius 1 is 1.32 bits per heavy atom. The number of amides is 1. The minimum absolute atomic E-state index is 0.0792. The van der Waals surface area contributed by atoms with Gasteiger partial charge in [-0.3, -0.25) is 9.59 Å². The molecule has 0 spiro atoms. The van der Waals surface area contributed by atoms with Gasteiger partial charge in [-0.05, 0) is 36.5 Å². The third-order valence-electron chi connectivity index (χ3n) is 4.36. The molecule has 0 heterocycles. The highest BCUT2D eigenvalue weighted by Crippen LogP contribution is 2.27. The van der Waals surface area contributed by atoms with E-state index in [1.54, 1.807) is 7.11 Å². The van der Waals surface area contributed by atoms with Crippen molar-refractivity contribution in [2.45, 2.75) is 44.6 Å². The molecular formula is C17H23NO4. The maximum Gasteiger partial charge on any atom is 0.308 e. The van der Waals surface area contributed by atoms with E-state index in [9.17, 15) is 9.59 Å². The van der Waals surface area contributed by atoms with E-state index in [-0.39, 0.29) is 17.9 Å². The number of hydrogen-bond acceptors (Lipinski definition) is 3. The second-order valence-corrected chi connectivity index (χ2v) is 5.93. The molecule has 2 rings (SSSR count).